The van der Waals surface area contributed by atoms with Crippen LogP contribution in [0.25, 0.3) is 0 Å². The predicted octanol–water partition coefficient (Wildman–Crippen LogP) is 3.83. The van der Waals surface area contributed by atoms with E-state index in [9.17, 15) is 9.59 Å². The molecule has 0 fully saturated rings. The van der Waals surface area contributed by atoms with Gasteiger partial charge in [0.05, 0.1) is 0 Å². The Hall–Kier alpha value is -2.62. The fourth-order valence-electron chi connectivity index (χ4n) is 2.79. The van der Waals surface area contributed by atoms with Crippen LogP contribution in [0.1, 0.15) is 47.1 Å². The van der Waals surface area contributed by atoms with Gasteiger partial charge in [-0.15, -0.1) is 0 Å². The molecule has 132 valence electrons. The lowest BCUT2D eigenvalue weighted by Crippen LogP contribution is -2.32. The van der Waals surface area contributed by atoms with Crippen molar-refractivity contribution in [2.24, 2.45) is 0 Å². The minimum atomic E-state index is -0.0550. The van der Waals surface area contributed by atoms with Crippen LogP contribution in [0.15, 0.2) is 54.6 Å². The van der Waals surface area contributed by atoms with Crippen LogP contribution < -0.4 is 0 Å². The highest BCUT2D eigenvalue weighted by Gasteiger charge is 2.18. The summed E-state index contributed by atoms with van der Waals surface area (Å²) in [7, 11) is 0. The second kappa shape index (κ2) is 9.02. The summed E-state index contributed by atoms with van der Waals surface area (Å²) in [6.07, 6.45) is 0. The van der Waals surface area contributed by atoms with Gasteiger partial charge in [-0.05, 0) is 44.5 Å². The first kappa shape index (κ1) is 18.7. The van der Waals surface area contributed by atoms with Gasteiger partial charge < -0.3 is 9.80 Å². The van der Waals surface area contributed by atoms with Gasteiger partial charge in [-0.25, -0.2) is 0 Å². The lowest BCUT2D eigenvalue weighted by Gasteiger charge is -2.22. The Balaban J connectivity index is 2.20. The molecule has 2 aromatic rings. The third kappa shape index (κ3) is 4.69. The molecule has 4 nitrogen and oxygen atoms in total. The minimum absolute atomic E-state index is 0.0363. The van der Waals surface area contributed by atoms with Crippen LogP contribution in [0.5, 0.6) is 0 Å². The van der Waals surface area contributed by atoms with E-state index < -0.39 is 0 Å². The largest absolute Gasteiger partial charge is 0.339 e. The lowest BCUT2D eigenvalue weighted by molar-refractivity contribution is 0.0752. The van der Waals surface area contributed by atoms with Gasteiger partial charge >= 0.3 is 0 Å². The number of hydrogen-bond acceptors (Lipinski definition) is 2. The molecule has 0 bridgehead atoms. The quantitative estimate of drug-likeness (QED) is 0.770. The second-order valence-electron chi connectivity index (χ2n) is 5.86. The molecule has 2 aromatic carbocycles. The SMILES string of the molecule is CCN(CC)C(=O)c1cccc(C(=O)N(CC)Cc2ccccc2)c1. The molecule has 0 heterocycles. The van der Waals surface area contributed by atoms with Crippen molar-refractivity contribution in [2.45, 2.75) is 27.3 Å². The molecular weight excluding hydrogens is 312 g/mol. The third-order valence-electron chi connectivity index (χ3n) is 4.29. The van der Waals surface area contributed by atoms with Gasteiger partial charge in [0.25, 0.3) is 11.8 Å². The summed E-state index contributed by atoms with van der Waals surface area (Å²) in [5.41, 5.74) is 2.20. The van der Waals surface area contributed by atoms with Crippen molar-refractivity contribution < 1.29 is 9.59 Å². The first-order valence-corrected chi connectivity index (χ1v) is 8.83. The fraction of sp³-hybridized carbons (Fsp3) is 0.333. The molecule has 0 aliphatic heterocycles. The Kier molecular flexibility index (Phi) is 6.75. The average molecular weight is 338 g/mol. The summed E-state index contributed by atoms with van der Waals surface area (Å²) in [5.74, 6) is -0.0914. The summed E-state index contributed by atoms with van der Waals surface area (Å²) in [5, 5.41) is 0. The van der Waals surface area contributed by atoms with Crippen molar-refractivity contribution in [3.05, 3.63) is 71.3 Å². The highest BCUT2D eigenvalue weighted by Crippen LogP contribution is 2.13. The van der Waals surface area contributed by atoms with Crippen LogP contribution in [0.2, 0.25) is 0 Å². The first-order valence-electron chi connectivity index (χ1n) is 8.83. The Morgan fingerprint density at radius 1 is 0.720 bits per heavy atom. The molecular formula is C21H26N2O2. The highest BCUT2D eigenvalue weighted by atomic mass is 16.2. The van der Waals surface area contributed by atoms with E-state index in [1.54, 1.807) is 34.1 Å². The van der Waals surface area contributed by atoms with Crippen LogP contribution in [0.4, 0.5) is 0 Å². The molecule has 2 amide bonds. The molecule has 2 rings (SSSR count). The number of amides is 2. The number of carbonyl (C=O) groups excluding carboxylic acids is 2. The molecule has 0 aliphatic rings. The molecule has 0 saturated carbocycles. The third-order valence-corrected chi connectivity index (χ3v) is 4.29. The van der Waals surface area contributed by atoms with Crippen LogP contribution in [-0.2, 0) is 6.54 Å². The summed E-state index contributed by atoms with van der Waals surface area (Å²) in [4.78, 5) is 28.9. The maximum Gasteiger partial charge on any atom is 0.254 e. The minimum Gasteiger partial charge on any atom is -0.339 e. The first-order chi connectivity index (χ1) is 12.1. The van der Waals surface area contributed by atoms with Crippen molar-refractivity contribution in [1.82, 2.24) is 9.80 Å². The standard InChI is InChI=1S/C21H26N2O2/c1-4-22(5-2)20(24)18-13-10-14-19(15-18)21(25)23(6-3)16-17-11-8-7-9-12-17/h7-15H,4-6,16H2,1-3H3. The molecule has 0 spiro atoms. The topological polar surface area (TPSA) is 40.6 Å². The summed E-state index contributed by atoms with van der Waals surface area (Å²) < 4.78 is 0. The number of carbonyl (C=O) groups is 2. The van der Waals surface area contributed by atoms with Gasteiger partial charge in [0.1, 0.15) is 0 Å². The zero-order valence-corrected chi connectivity index (χ0v) is 15.2. The number of rotatable bonds is 7. The van der Waals surface area contributed by atoms with Gasteiger partial charge in [-0.3, -0.25) is 9.59 Å². The van der Waals surface area contributed by atoms with Crippen LogP contribution in [0.3, 0.4) is 0 Å². The molecule has 0 aliphatic carbocycles. The molecule has 25 heavy (non-hydrogen) atoms. The van der Waals surface area contributed by atoms with Crippen molar-refractivity contribution in [3.63, 3.8) is 0 Å². The normalized spacial score (nSPS) is 10.4. The van der Waals surface area contributed by atoms with Crippen LogP contribution in [-0.4, -0.2) is 41.2 Å². The van der Waals surface area contributed by atoms with Gasteiger partial charge in [0.15, 0.2) is 0 Å². The van der Waals surface area contributed by atoms with E-state index in [-0.39, 0.29) is 11.8 Å². The molecule has 0 atom stereocenters. The van der Waals surface area contributed by atoms with E-state index >= 15 is 0 Å². The van der Waals surface area contributed by atoms with Gasteiger partial charge in [-0.1, -0.05) is 36.4 Å². The van der Waals surface area contributed by atoms with Crippen LogP contribution in [0, 0.1) is 0 Å². The van der Waals surface area contributed by atoms with Crippen molar-refractivity contribution in [1.29, 1.82) is 0 Å². The number of benzene rings is 2. The molecule has 0 radical (unpaired) electrons. The maximum absolute atomic E-state index is 12.9. The van der Waals surface area contributed by atoms with E-state index in [0.717, 1.165) is 5.56 Å². The van der Waals surface area contributed by atoms with E-state index in [0.29, 0.717) is 37.3 Å². The lowest BCUT2D eigenvalue weighted by atomic mass is 10.1. The average Bonchev–Trinajstić information content (AvgIpc) is 2.67. The van der Waals surface area contributed by atoms with E-state index in [1.165, 1.54) is 0 Å². The predicted molar refractivity (Wildman–Crippen MR) is 101 cm³/mol. The molecule has 0 aromatic heterocycles. The molecule has 4 heteroatoms. The zero-order valence-electron chi connectivity index (χ0n) is 15.2. The van der Waals surface area contributed by atoms with E-state index in [2.05, 4.69) is 0 Å². The Morgan fingerprint density at radius 2 is 1.24 bits per heavy atom. The maximum atomic E-state index is 12.9. The number of hydrogen-bond donors (Lipinski definition) is 0. The van der Waals surface area contributed by atoms with Gasteiger partial charge in [0.2, 0.25) is 0 Å². The van der Waals surface area contributed by atoms with Gasteiger partial charge in [-0.2, -0.15) is 0 Å². The second-order valence-corrected chi connectivity index (χ2v) is 5.86. The van der Waals surface area contributed by atoms with Crippen molar-refractivity contribution in [2.75, 3.05) is 19.6 Å². The summed E-state index contributed by atoms with van der Waals surface area (Å²) in [6.45, 7) is 8.35. The number of nitrogens with zero attached hydrogens (tertiary/aromatic N) is 2. The highest BCUT2D eigenvalue weighted by molar-refractivity contribution is 5.99. The van der Waals surface area contributed by atoms with E-state index in [1.807, 2.05) is 51.1 Å². The van der Waals surface area contributed by atoms with Crippen molar-refractivity contribution >= 4 is 11.8 Å². The van der Waals surface area contributed by atoms with E-state index in [4.69, 9.17) is 0 Å². The Labute approximate surface area is 150 Å². The molecule has 0 unspecified atom stereocenters. The molecule has 0 saturated heterocycles. The Bertz CT molecular complexity index is 709. The zero-order chi connectivity index (χ0) is 18.2. The van der Waals surface area contributed by atoms with Crippen LogP contribution >= 0.6 is 0 Å². The molecule has 0 N–H and O–H groups in total. The monoisotopic (exact) mass is 338 g/mol. The smallest absolute Gasteiger partial charge is 0.254 e. The summed E-state index contributed by atoms with van der Waals surface area (Å²) >= 11 is 0. The fourth-order valence-corrected chi connectivity index (χ4v) is 2.79. The summed E-state index contributed by atoms with van der Waals surface area (Å²) in [6, 6.07) is 16.9. The van der Waals surface area contributed by atoms with Crippen molar-refractivity contribution in [3.8, 4) is 0 Å². The van der Waals surface area contributed by atoms with Gasteiger partial charge in [0, 0.05) is 37.3 Å². The Morgan fingerprint density at radius 3 is 1.76 bits per heavy atom.